The third kappa shape index (κ3) is 18.4. The molecular formula is C20H32O4. The van der Waals surface area contributed by atoms with Crippen molar-refractivity contribution in [2.24, 2.45) is 0 Å². The van der Waals surface area contributed by atoms with Gasteiger partial charge in [-0.15, -0.1) is 0 Å². The van der Waals surface area contributed by atoms with Crippen LogP contribution in [-0.4, -0.2) is 34.0 Å². The van der Waals surface area contributed by atoms with Crippen LogP contribution < -0.4 is 0 Å². The summed E-state index contributed by atoms with van der Waals surface area (Å²) in [4.78, 5) is 10.3. The first-order valence-electron chi connectivity index (χ1n) is 8.81. The molecule has 1 atom stereocenters. The van der Waals surface area contributed by atoms with Gasteiger partial charge in [0.05, 0.1) is 6.10 Å². The van der Waals surface area contributed by atoms with E-state index in [0.717, 1.165) is 38.5 Å². The predicted molar refractivity (Wildman–Crippen MR) is 98.8 cm³/mol. The zero-order valence-corrected chi connectivity index (χ0v) is 14.5. The standard InChI is InChI=1S/C20H32O4/c21-18-14-10-6-5-8-12-16-19(22)15-11-7-3-1-2-4-9-13-17-20(23)24/h2-4,7-8,11-12,15,19,21-22H,1,5-6,9-10,13-14,16-18H2,(H,23,24)/b4-2-,7-3-,12-8-,15-11+/t19-/m0/s1. The molecule has 0 bridgehead atoms. The van der Waals surface area contributed by atoms with Gasteiger partial charge in [-0.2, -0.15) is 0 Å². The lowest BCUT2D eigenvalue weighted by atomic mass is 10.1. The third-order valence-electron chi connectivity index (χ3n) is 3.35. The molecule has 0 saturated heterocycles. The number of aliphatic hydroxyl groups is 2. The molecule has 3 N–H and O–H groups in total. The van der Waals surface area contributed by atoms with E-state index in [9.17, 15) is 9.90 Å². The van der Waals surface area contributed by atoms with Crippen LogP contribution in [0.25, 0.3) is 0 Å². The van der Waals surface area contributed by atoms with Crippen molar-refractivity contribution >= 4 is 5.97 Å². The highest BCUT2D eigenvalue weighted by atomic mass is 16.4. The fourth-order valence-electron chi connectivity index (χ4n) is 2.00. The fraction of sp³-hybridized carbons (Fsp3) is 0.550. The van der Waals surface area contributed by atoms with Gasteiger partial charge >= 0.3 is 5.97 Å². The molecule has 24 heavy (non-hydrogen) atoms. The Bertz CT molecular complexity index is 408. The lowest BCUT2D eigenvalue weighted by molar-refractivity contribution is -0.137. The molecule has 136 valence electrons. The third-order valence-corrected chi connectivity index (χ3v) is 3.35. The van der Waals surface area contributed by atoms with Crippen LogP contribution in [0, 0.1) is 0 Å². The lowest BCUT2D eigenvalue weighted by Gasteiger charge is -1.99. The second-order valence-electron chi connectivity index (χ2n) is 5.65. The quantitative estimate of drug-likeness (QED) is 0.238. The van der Waals surface area contributed by atoms with Gasteiger partial charge in [0.2, 0.25) is 0 Å². The summed E-state index contributed by atoms with van der Waals surface area (Å²) in [6, 6.07) is 0. The molecule has 0 unspecified atom stereocenters. The minimum absolute atomic E-state index is 0.220. The summed E-state index contributed by atoms with van der Waals surface area (Å²) in [6.45, 7) is 0.265. The van der Waals surface area contributed by atoms with E-state index in [-0.39, 0.29) is 13.0 Å². The second-order valence-corrected chi connectivity index (χ2v) is 5.65. The van der Waals surface area contributed by atoms with Gasteiger partial charge in [-0.3, -0.25) is 4.79 Å². The number of hydrogen-bond acceptors (Lipinski definition) is 3. The van der Waals surface area contributed by atoms with Gasteiger partial charge in [0.25, 0.3) is 0 Å². The molecule has 0 rings (SSSR count). The van der Waals surface area contributed by atoms with Gasteiger partial charge in [-0.1, -0.05) is 55.0 Å². The van der Waals surface area contributed by atoms with Gasteiger partial charge in [0, 0.05) is 13.0 Å². The number of carboxylic acid groups (broad SMARTS) is 1. The molecule has 0 saturated carbocycles. The number of hydrogen-bond donors (Lipinski definition) is 3. The van der Waals surface area contributed by atoms with Gasteiger partial charge in [-0.05, 0) is 44.9 Å². The summed E-state index contributed by atoms with van der Waals surface area (Å²) >= 11 is 0. The first-order valence-corrected chi connectivity index (χ1v) is 8.81. The van der Waals surface area contributed by atoms with Crippen molar-refractivity contribution in [1.82, 2.24) is 0 Å². The maximum atomic E-state index is 10.3. The van der Waals surface area contributed by atoms with Gasteiger partial charge < -0.3 is 15.3 Å². The maximum Gasteiger partial charge on any atom is 0.303 e. The van der Waals surface area contributed by atoms with E-state index in [2.05, 4.69) is 6.08 Å². The number of aliphatic hydroxyl groups excluding tert-OH is 2. The van der Waals surface area contributed by atoms with E-state index < -0.39 is 12.1 Å². The number of carbonyl (C=O) groups is 1. The highest BCUT2D eigenvalue weighted by molar-refractivity contribution is 5.66. The number of allylic oxidation sites excluding steroid dienone is 6. The average Bonchev–Trinajstić information content (AvgIpc) is 2.55. The lowest BCUT2D eigenvalue weighted by Crippen LogP contribution is -1.98. The number of rotatable bonds is 15. The molecule has 4 nitrogen and oxygen atoms in total. The summed E-state index contributed by atoms with van der Waals surface area (Å²) < 4.78 is 0. The van der Waals surface area contributed by atoms with E-state index in [0.29, 0.717) is 12.8 Å². The Labute approximate surface area is 145 Å². The minimum Gasteiger partial charge on any atom is -0.481 e. The summed E-state index contributed by atoms with van der Waals surface area (Å²) in [5.74, 6) is -0.747. The van der Waals surface area contributed by atoms with Crippen molar-refractivity contribution in [3.63, 3.8) is 0 Å². The van der Waals surface area contributed by atoms with Crippen molar-refractivity contribution in [3.8, 4) is 0 Å². The minimum atomic E-state index is -0.747. The summed E-state index contributed by atoms with van der Waals surface area (Å²) in [5, 5.41) is 26.9. The van der Waals surface area contributed by atoms with Crippen LogP contribution in [0.15, 0.2) is 48.6 Å². The molecule has 0 radical (unpaired) electrons. The highest BCUT2D eigenvalue weighted by Crippen LogP contribution is 2.02. The van der Waals surface area contributed by atoms with Crippen molar-refractivity contribution in [3.05, 3.63) is 48.6 Å². The van der Waals surface area contributed by atoms with Crippen molar-refractivity contribution in [2.45, 2.75) is 63.9 Å². The highest BCUT2D eigenvalue weighted by Gasteiger charge is 1.94. The van der Waals surface area contributed by atoms with Crippen LogP contribution in [0.3, 0.4) is 0 Å². The largest absolute Gasteiger partial charge is 0.481 e. The van der Waals surface area contributed by atoms with Crippen LogP contribution in [0.4, 0.5) is 0 Å². The first kappa shape index (κ1) is 22.4. The molecule has 4 heteroatoms. The van der Waals surface area contributed by atoms with Crippen molar-refractivity contribution in [1.29, 1.82) is 0 Å². The van der Waals surface area contributed by atoms with Crippen LogP contribution in [0.2, 0.25) is 0 Å². The smallest absolute Gasteiger partial charge is 0.303 e. The summed E-state index contributed by atoms with van der Waals surface area (Å²) in [5.41, 5.74) is 0. The molecule has 0 amide bonds. The van der Waals surface area contributed by atoms with Crippen molar-refractivity contribution < 1.29 is 20.1 Å². The van der Waals surface area contributed by atoms with E-state index in [1.807, 2.05) is 36.5 Å². The molecule has 0 aliphatic carbocycles. The second kappa shape index (κ2) is 17.7. The molecule has 0 heterocycles. The molecule has 0 fully saturated rings. The Morgan fingerprint density at radius 3 is 2.38 bits per heavy atom. The normalized spacial score (nSPS) is 13.8. The van der Waals surface area contributed by atoms with E-state index >= 15 is 0 Å². The van der Waals surface area contributed by atoms with Gasteiger partial charge in [0.1, 0.15) is 0 Å². The monoisotopic (exact) mass is 336 g/mol. The zero-order chi connectivity index (χ0) is 17.9. The predicted octanol–water partition coefficient (Wildman–Crippen LogP) is 4.16. The fourth-order valence-corrected chi connectivity index (χ4v) is 2.00. The van der Waals surface area contributed by atoms with Crippen LogP contribution in [-0.2, 0) is 4.79 Å². The molecular weight excluding hydrogens is 304 g/mol. The topological polar surface area (TPSA) is 77.8 Å². The maximum absolute atomic E-state index is 10.3. The zero-order valence-electron chi connectivity index (χ0n) is 14.5. The summed E-state index contributed by atoms with van der Waals surface area (Å²) in [6.07, 6.45) is 22.2. The first-order chi connectivity index (χ1) is 11.7. The molecule has 0 spiro atoms. The van der Waals surface area contributed by atoms with Crippen molar-refractivity contribution in [2.75, 3.05) is 6.61 Å². The Morgan fingerprint density at radius 1 is 0.875 bits per heavy atom. The van der Waals surface area contributed by atoms with Crippen LogP contribution in [0.1, 0.15) is 57.8 Å². The van der Waals surface area contributed by atoms with Gasteiger partial charge in [-0.25, -0.2) is 0 Å². The number of carboxylic acids is 1. The van der Waals surface area contributed by atoms with Crippen LogP contribution in [0.5, 0.6) is 0 Å². The molecule has 0 aromatic heterocycles. The van der Waals surface area contributed by atoms with Crippen LogP contribution >= 0.6 is 0 Å². The Balaban J connectivity index is 3.61. The molecule has 0 aromatic carbocycles. The Morgan fingerprint density at radius 2 is 1.62 bits per heavy atom. The van der Waals surface area contributed by atoms with E-state index in [1.54, 1.807) is 6.08 Å². The number of unbranched alkanes of at least 4 members (excludes halogenated alkanes) is 4. The SMILES string of the molecule is O=C(O)CCC/C=C\C/C=C\C=C\[C@H](O)C/C=C\CCCCCO. The molecule has 0 aliphatic rings. The molecule has 0 aromatic rings. The average molecular weight is 336 g/mol. The molecule has 0 aliphatic heterocycles. The van der Waals surface area contributed by atoms with E-state index in [1.165, 1.54) is 0 Å². The summed E-state index contributed by atoms with van der Waals surface area (Å²) in [7, 11) is 0. The Hall–Kier alpha value is -1.65. The van der Waals surface area contributed by atoms with Gasteiger partial charge in [0.15, 0.2) is 0 Å². The Kier molecular flexibility index (Phi) is 16.5. The van der Waals surface area contributed by atoms with E-state index in [4.69, 9.17) is 10.2 Å². The number of aliphatic carboxylic acids is 1.